The number of fused-ring (bicyclic) bond motifs is 1. The van der Waals surface area contributed by atoms with E-state index >= 15 is 0 Å². The highest BCUT2D eigenvalue weighted by Gasteiger charge is 2.15. The van der Waals surface area contributed by atoms with Crippen molar-refractivity contribution in [2.45, 2.75) is 19.9 Å². The molecule has 0 bridgehead atoms. The standard InChI is InChI=1S/C15H15ClN2O3S/c1-2-5-18-11-4-3-10(16)8-13(11)22-15(18)17-14(19)12-9-20-6-7-21-12/h3-4,8-9H,2,5-7H2,1H3. The van der Waals surface area contributed by atoms with Crippen molar-refractivity contribution >= 4 is 39.1 Å². The van der Waals surface area contributed by atoms with E-state index in [1.165, 1.54) is 17.6 Å². The zero-order chi connectivity index (χ0) is 15.5. The smallest absolute Gasteiger partial charge is 0.317 e. The number of rotatable bonds is 3. The second-order valence-electron chi connectivity index (χ2n) is 4.77. The summed E-state index contributed by atoms with van der Waals surface area (Å²) in [5.74, 6) is -0.285. The van der Waals surface area contributed by atoms with Crippen molar-refractivity contribution in [3.63, 3.8) is 0 Å². The van der Waals surface area contributed by atoms with E-state index < -0.39 is 5.91 Å². The zero-order valence-electron chi connectivity index (χ0n) is 12.0. The molecule has 1 aliphatic rings. The Morgan fingerprint density at radius 3 is 3.05 bits per heavy atom. The van der Waals surface area contributed by atoms with E-state index in [0.29, 0.717) is 23.0 Å². The van der Waals surface area contributed by atoms with E-state index in [9.17, 15) is 4.79 Å². The Kier molecular flexibility index (Phi) is 4.49. The molecule has 2 heterocycles. The summed E-state index contributed by atoms with van der Waals surface area (Å²) in [6.07, 6.45) is 2.27. The van der Waals surface area contributed by atoms with Crippen LogP contribution in [-0.4, -0.2) is 23.7 Å². The number of carbonyl (C=O) groups excluding carboxylic acids is 1. The molecule has 0 saturated carbocycles. The maximum absolute atomic E-state index is 12.2. The molecule has 0 spiro atoms. The Balaban J connectivity index is 2.08. The van der Waals surface area contributed by atoms with Crippen LogP contribution in [0.5, 0.6) is 0 Å². The highest BCUT2D eigenvalue weighted by molar-refractivity contribution is 7.16. The summed E-state index contributed by atoms with van der Waals surface area (Å²) < 4.78 is 13.4. The summed E-state index contributed by atoms with van der Waals surface area (Å²) in [5, 5.41) is 0.669. The van der Waals surface area contributed by atoms with Gasteiger partial charge in [-0.1, -0.05) is 29.9 Å². The van der Waals surface area contributed by atoms with Crippen molar-refractivity contribution < 1.29 is 14.3 Å². The zero-order valence-corrected chi connectivity index (χ0v) is 13.6. The van der Waals surface area contributed by atoms with Gasteiger partial charge < -0.3 is 14.0 Å². The number of aryl methyl sites for hydroxylation is 1. The van der Waals surface area contributed by atoms with Crippen molar-refractivity contribution in [3.8, 4) is 0 Å². The van der Waals surface area contributed by atoms with Gasteiger partial charge in [0.15, 0.2) is 4.80 Å². The molecule has 1 aromatic carbocycles. The first-order valence-electron chi connectivity index (χ1n) is 7.01. The number of aromatic nitrogens is 1. The Bertz CT molecular complexity index is 807. The van der Waals surface area contributed by atoms with Crippen LogP contribution in [0.1, 0.15) is 13.3 Å². The monoisotopic (exact) mass is 338 g/mol. The van der Waals surface area contributed by atoms with Crippen LogP contribution in [0, 0.1) is 0 Å². The van der Waals surface area contributed by atoms with Gasteiger partial charge in [0.2, 0.25) is 5.76 Å². The second-order valence-corrected chi connectivity index (χ2v) is 6.21. The quantitative estimate of drug-likeness (QED) is 0.864. The van der Waals surface area contributed by atoms with Gasteiger partial charge in [-0.15, -0.1) is 0 Å². The number of halogens is 1. The Labute approximate surface area is 136 Å². The lowest BCUT2D eigenvalue weighted by molar-refractivity contribution is -0.119. The number of ether oxygens (including phenoxy) is 2. The molecule has 0 fully saturated rings. The van der Waals surface area contributed by atoms with Crippen LogP contribution in [0.15, 0.2) is 35.2 Å². The molecule has 2 aromatic rings. The first-order valence-corrected chi connectivity index (χ1v) is 8.21. The summed E-state index contributed by atoms with van der Waals surface area (Å²) in [4.78, 5) is 17.0. The number of hydrogen-bond acceptors (Lipinski definition) is 4. The summed E-state index contributed by atoms with van der Waals surface area (Å²) in [5.41, 5.74) is 1.03. The van der Waals surface area contributed by atoms with Crippen molar-refractivity contribution in [3.05, 3.63) is 40.0 Å². The fourth-order valence-electron chi connectivity index (χ4n) is 2.19. The summed E-state index contributed by atoms with van der Waals surface area (Å²) in [6.45, 7) is 3.68. The third kappa shape index (κ3) is 3.03. The topological polar surface area (TPSA) is 52.8 Å². The Morgan fingerprint density at radius 2 is 2.32 bits per heavy atom. The van der Waals surface area contributed by atoms with E-state index in [2.05, 4.69) is 11.9 Å². The number of benzene rings is 1. The van der Waals surface area contributed by atoms with Crippen molar-refractivity contribution in [1.29, 1.82) is 0 Å². The molecular weight excluding hydrogens is 324 g/mol. The fraction of sp³-hybridized carbons (Fsp3) is 0.333. The maximum atomic E-state index is 12.2. The average molecular weight is 339 g/mol. The number of hydrogen-bond donors (Lipinski definition) is 0. The minimum absolute atomic E-state index is 0.143. The molecule has 116 valence electrons. The predicted molar refractivity (Wildman–Crippen MR) is 85.7 cm³/mol. The number of carbonyl (C=O) groups is 1. The molecule has 1 aromatic heterocycles. The lowest BCUT2D eigenvalue weighted by Crippen LogP contribution is -2.20. The van der Waals surface area contributed by atoms with Gasteiger partial charge >= 0.3 is 5.91 Å². The predicted octanol–water partition coefficient (Wildman–Crippen LogP) is 3.08. The molecule has 0 aliphatic carbocycles. The SMILES string of the molecule is CCCn1c(=NC(=O)C2=COCCO2)sc2cc(Cl)ccc21. The van der Waals surface area contributed by atoms with E-state index in [-0.39, 0.29) is 5.76 Å². The highest BCUT2D eigenvalue weighted by atomic mass is 35.5. The van der Waals surface area contributed by atoms with Crippen LogP contribution >= 0.6 is 22.9 Å². The summed E-state index contributed by atoms with van der Waals surface area (Å²) in [6, 6.07) is 5.68. The van der Waals surface area contributed by atoms with Gasteiger partial charge in [-0.25, -0.2) is 0 Å². The number of nitrogens with zero attached hydrogens (tertiary/aromatic N) is 2. The van der Waals surface area contributed by atoms with Crippen LogP contribution < -0.4 is 4.80 Å². The average Bonchev–Trinajstić information content (AvgIpc) is 2.85. The van der Waals surface area contributed by atoms with Gasteiger partial charge in [0.05, 0.1) is 10.2 Å². The Hall–Kier alpha value is -1.79. The van der Waals surface area contributed by atoms with E-state index in [1.807, 2.05) is 22.8 Å². The minimum atomic E-state index is -0.429. The third-order valence-electron chi connectivity index (χ3n) is 3.15. The van der Waals surface area contributed by atoms with Crippen LogP contribution in [0.4, 0.5) is 0 Å². The number of thiazole rings is 1. The lowest BCUT2D eigenvalue weighted by atomic mass is 10.3. The van der Waals surface area contributed by atoms with Crippen molar-refractivity contribution in [2.75, 3.05) is 13.2 Å². The third-order valence-corrected chi connectivity index (χ3v) is 4.43. The molecule has 0 N–H and O–H groups in total. The molecule has 1 aliphatic heterocycles. The van der Waals surface area contributed by atoms with Gasteiger partial charge in [-0.2, -0.15) is 4.99 Å². The van der Waals surface area contributed by atoms with E-state index in [1.54, 1.807) is 0 Å². The molecule has 7 heteroatoms. The molecule has 3 rings (SSSR count). The first kappa shape index (κ1) is 15.1. The molecule has 1 amide bonds. The van der Waals surface area contributed by atoms with Gasteiger partial charge in [0, 0.05) is 11.6 Å². The Morgan fingerprint density at radius 1 is 1.45 bits per heavy atom. The van der Waals surface area contributed by atoms with Gasteiger partial charge in [-0.3, -0.25) is 4.79 Å². The normalized spacial score (nSPS) is 15.4. The highest BCUT2D eigenvalue weighted by Crippen LogP contribution is 2.22. The molecular formula is C15H15ClN2O3S. The van der Waals surface area contributed by atoms with Crippen molar-refractivity contribution in [1.82, 2.24) is 4.57 Å². The van der Waals surface area contributed by atoms with E-state index in [0.717, 1.165) is 23.2 Å². The molecule has 0 atom stereocenters. The molecule has 22 heavy (non-hydrogen) atoms. The van der Waals surface area contributed by atoms with Crippen molar-refractivity contribution in [2.24, 2.45) is 4.99 Å². The summed E-state index contributed by atoms with van der Waals surface area (Å²) in [7, 11) is 0. The van der Waals surface area contributed by atoms with Crippen LogP contribution in [0.25, 0.3) is 10.2 Å². The summed E-state index contributed by atoms with van der Waals surface area (Å²) >= 11 is 7.48. The van der Waals surface area contributed by atoms with Crippen LogP contribution in [0.2, 0.25) is 5.02 Å². The number of amides is 1. The van der Waals surface area contributed by atoms with E-state index in [4.69, 9.17) is 21.1 Å². The maximum Gasteiger partial charge on any atom is 0.317 e. The molecule has 0 radical (unpaired) electrons. The fourth-order valence-corrected chi connectivity index (χ4v) is 3.53. The lowest BCUT2D eigenvalue weighted by Gasteiger charge is -2.12. The first-order chi connectivity index (χ1) is 10.7. The van der Waals surface area contributed by atoms with Gasteiger partial charge in [0.25, 0.3) is 0 Å². The largest absolute Gasteiger partial charge is 0.494 e. The molecule has 5 nitrogen and oxygen atoms in total. The minimum Gasteiger partial charge on any atom is -0.494 e. The van der Waals surface area contributed by atoms with Crippen LogP contribution in [0.3, 0.4) is 0 Å². The molecule has 0 saturated heterocycles. The van der Waals surface area contributed by atoms with Gasteiger partial charge in [0.1, 0.15) is 19.5 Å². The van der Waals surface area contributed by atoms with Gasteiger partial charge in [-0.05, 0) is 24.6 Å². The second kappa shape index (κ2) is 6.54. The van der Waals surface area contributed by atoms with Crippen LogP contribution in [-0.2, 0) is 20.8 Å². The molecule has 0 unspecified atom stereocenters.